The number of nitrogen functional groups attached to an aromatic ring is 1. The van der Waals surface area contributed by atoms with Crippen LogP contribution in [0.4, 0.5) is 5.69 Å². The Labute approximate surface area is 217 Å². The zero-order valence-electron chi connectivity index (χ0n) is 22.0. The number of carbonyl (C=O) groups is 1. The fourth-order valence-electron chi connectivity index (χ4n) is 3.63. The van der Waals surface area contributed by atoms with Crippen molar-refractivity contribution in [1.82, 2.24) is 10.3 Å². The van der Waals surface area contributed by atoms with Gasteiger partial charge in [0.25, 0.3) is 5.91 Å². The van der Waals surface area contributed by atoms with Crippen LogP contribution in [0.15, 0.2) is 42.5 Å². The first-order chi connectivity index (χ1) is 17.7. The first-order valence-electron chi connectivity index (χ1n) is 12.1. The van der Waals surface area contributed by atoms with Crippen molar-refractivity contribution >= 4 is 28.6 Å². The van der Waals surface area contributed by atoms with Gasteiger partial charge in [0, 0.05) is 16.9 Å². The van der Waals surface area contributed by atoms with Gasteiger partial charge < -0.3 is 25.3 Å². The molecule has 37 heavy (non-hydrogen) atoms. The third-order valence-corrected chi connectivity index (χ3v) is 5.67. The maximum Gasteiger partial charge on any atom is 0.373 e. The number of amides is 1. The van der Waals surface area contributed by atoms with Gasteiger partial charge in [0.2, 0.25) is 0 Å². The summed E-state index contributed by atoms with van der Waals surface area (Å²) in [5, 5.41) is 3.87. The minimum Gasteiger partial charge on any atom is -0.493 e. The lowest BCUT2D eigenvalue weighted by molar-refractivity contribution is -0.191. The van der Waals surface area contributed by atoms with E-state index in [1.807, 2.05) is 45.0 Å². The number of hydrogen-bond donors (Lipinski definition) is 2. The number of hydrogen-bond acceptors (Lipinski definition) is 8. The van der Waals surface area contributed by atoms with Crippen molar-refractivity contribution in [3.63, 3.8) is 0 Å². The standard InChI is InChI=1S/C27H35N3O4.CO2/c1-6-7-13-33-23-12-11-19(15-25(23)32-5)27(31)30-22(17(2)3)16-34-24-10-8-9-21-26(24)20(28)14-18(4)29-21;2-1-3/h8-12,14-15,17,22H,6-7,13,16H2,1-5H3,(H2,28,29)(H,30,31);. The highest BCUT2D eigenvalue weighted by Gasteiger charge is 2.20. The van der Waals surface area contributed by atoms with Gasteiger partial charge in [-0.05, 0) is 55.7 Å². The van der Waals surface area contributed by atoms with E-state index in [1.54, 1.807) is 25.3 Å². The molecule has 1 atom stereocenters. The number of methoxy groups -OCH3 is 1. The van der Waals surface area contributed by atoms with Gasteiger partial charge in [-0.25, -0.2) is 0 Å². The Morgan fingerprint density at radius 3 is 2.46 bits per heavy atom. The largest absolute Gasteiger partial charge is 0.493 e. The Kier molecular flexibility index (Phi) is 11.4. The highest BCUT2D eigenvalue weighted by atomic mass is 16.5. The van der Waals surface area contributed by atoms with Crippen LogP contribution in [0.25, 0.3) is 10.9 Å². The van der Waals surface area contributed by atoms with Crippen molar-refractivity contribution < 1.29 is 28.6 Å². The second kappa shape index (κ2) is 14.5. The lowest BCUT2D eigenvalue weighted by Gasteiger charge is -2.23. The van der Waals surface area contributed by atoms with Crippen molar-refractivity contribution in [3.05, 3.63) is 53.7 Å². The number of nitrogens with zero attached hydrogens (tertiary/aromatic N) is 1. The highest BCUT2D eigenvalue weighted by Crippen LogP contribution is 2.31. The molecule has 3 N–H and O–H groups in total. The number of benzene rings is 2. The molecular formula is C28H35N3O6. The van der Waals surface area contributed by atoms with Crippen LogP contribution in [-0.4, -0.2) is 43.4 Å². The maximum absolute atomic E-state index is 13.0. The van der Waals surface area contributed by atoms with Gasteiger partial charge in [-0.3, -0.25) is 9.78 Å². The minimum absolute atomic E-state index is 0.148. The van der Waals surface area contributed by atoms with Crippen LogP contribution >= 0.6 is 0 Å². The van der Waals surface area contributed by atoms with Crippen molar-refractivity contribution in [3.8, 4) is 17.2 Å². The maximum atomic E-state index is 13.0. The van der Waals surface area contributed by atoms with Crippen LogP contribution in [0, 0.1) is 12.8 Å². The molecule has 0 aliphatic heterocycles. The minimum atomic E-state index is -0.214. The third kappa shape index (κ3) is 8.22. The van der Waals surface area contributed by atoms with Gasteiger partial charge in [-0.1, -0.05) is 33.3 Å². The molecule has 0 aliphatic carbocycles. The Hall–Kier alpha value is -4.10. The van der Waals surface area contributed by atoms with Gasteiger partial charge in [-0.15, -0.1) is 0 Å². The molecule has 1 unspecified atom stereocenters. The van der Waals surface area contributed by atoms with Gasteiger partial charge in [-0.2, -0.15) is 9.59 Å². The molecule has 0 saturated carbocycles. The Bertz CT molecular complexity index is 1220. The van der Waals surface area contributed by atoms with E-state index < -0.39 is 0 Å². The highest BCUT2D eigenvalue weighted by molar-refractivity contribution is 5.96. The summed E-state index contributed by atoms with van der Waals surface area (Å²) < 4.78 is 17.3. The third-order valence-electron chi connectivity index (χ3n) is 5.67. The molecule has 1 heterocycles. The molecular weight excluding hydrogens is 474 g/mol. The van der Waals surface area contributed by atoms with Crippen molar-refractivity contribution in [1.29, 1.82) is 0 Å². The van der Waals surface area contributed by atoms with Crippen molar-refractivity contribution in [2.75, 3.05) is 26.1 Å². The molecule has 1 amide bonds. The quantitative estimate of drug-likeness (QED) is 0.360. The fourth-order valence-corrected chi connectivity index (χ4v) is 3.63. The second-order valence-corrected chi connectivity index (χ2v) is 8.79. The Morgan fingerprint density at radius 1 is 1.08 bits per heavy atom. The average Bonchev–Trinajstić information content (AvgIpc) is 2.86. The van der Waals surface area contributed by atoms with E-state index in [2.05, 4.69) is 17.2 Å². The van der Waals surface area contributed by atoms with Crippen LogP contribution < -0.4 is 25.3 Å². The molecule has 0 bridgehead atoms. The molecule has 3 aromatic rings. The van der Waals surface area contributed by atoms with Crippen LogP contribution in [0.1, 0.15) is 49.7 Å². The van der Waals surface area contributed by atoms with E-state index in [9.17, 15) is 4.79 Å². The zero-order chi connectivity index (χ0) is 27.4. The molecule has 1 aromatic heterocycles. The summed E-state index contributed by atoms with van der Waals surface area (Å²) in [7, 11) is 1.57. The summed E-state index contributed by atoms with van der Waals surface area (Å²) in [4.78, 5) is 33.8. The summed E-state index contributed by atoms with van der Waals surface area (Å²) in [5.74, 6) is 1.77. The van der Waals surface area contributed by atoms with Gasteiger partial charge in [0.05, 0.1) is 30.7 Å². The van der Waals surface area contributed by atoms with E-state index >= 15 is 0 Å². The number of unbranched alkanes of at least 4 members (excludes halogenated alkanes) is 1. The monoisotopic (exact) mass is 509 g/mol. The number of aromatic nitrogens is 1. The number of ether oxygens (including phenoxy) is 3. The van der Waals surface area contributed by atoms with Gasteiger partial charge in [0.15, 0.2) is 11.5 Å². The van der Waals surface area contributed by atoms with Crippen LogP contribution in [0.3, 0.4) is 0 Å². The molecule has 9 nitrogen and oxygen atoms in total. The summed E-state index contributed by atoms with van der Waals surface area (Å²) in [5.41, 5.74) is 9.01. The summed E-state index contributed by atoms with van der Waals surface area (Å²) in [6, 6.07) is 12.5. The Balaban J connectivity index is 0.00000153. The molecule has 0 aliphatic rings. The molecule has 3 rings (SSSR count). The molecule has 0 fully saturated rings. The Morgan fingerprint density at radius 2 is 1.81 bits per heavy atom. The molecule has 2 aromatic carbocycles. The lowest BCUT2D eigenvalue weighted by Crippen LogP contribution is -2.42. The number of aryl methyl sites for hydroxylation is 1. The SMILES string of the molecule is CCCCOc1ccc(C(=O)NC(COc2cccc3nc(C)cc(N)c23)C(C)C)cc1OC.O=C=O. The van der Waals surface area contributed by atoms with Crippen LogP contribution in [0.2, 0.25) is 0 Å². The topological polar surface area (TPSA) is 130 Å². The summed E-state index contributed by atoms with van der Waals surface area (Å²) in [6.45, 7) is 9.01. The van der Waals surface area contributed by atoms with Crippen molar-refractivity contribution in [2.24, 2.45) is 5.92 Å². The van der Waals surface area contributed by atoms with E-state index in [0.29, 0.717) is 41.7 Å². The number of carbonyl (C=O) groups excluding carboxylic acids is 3. The van der Waals surface area contributed by atoms with E-state index in [4.69, 9.17) is 29.5 Å². The number of nitrogens with one attached hydrogen (secondary N) is 1. The van der Waals surface area contributed by atoms with Crippen LogP contribution in [-0.2, 0) is 9.59 Å². The number of anilines is 1. The predicted molar refractivity (Wildman–Crippen MR) is 141 cm³/mol. The molecule has 0 saturated heterocycles. The van der Waals surface area contributed by atoms with E-state index in [0.717, 1.165) is 29.4 Å². The van der Waals surface area contributed by atoms with E-state index in [-0.39, 0.29) is 24.0 Å². The van der Waals surface area contributed by atoms with E-state index in [1.165, 1.54) is 0 Å². The smallest absolute Gasteiger partial charge is 0.373 e. The fraction of sp³-hybridized carbons (Fsp3) is 0.393. The molecule has 9 heteroatoms. The first kappa shape index (κ1) is 29.1. The average molecular weight is 510 g/mol. The summed E-state index contributed by atoms with van der Waals surface area (Å²) >= 11 is 0. The lowest BCUT2D eigenvalue weighted by atomic mass is 10.0. The molecule has 198 valence electrons. The second-order valence-electron chi connectivity index (χ2n) is 8.79. The number of fused-ring (bicyclic) bond motifs is 1. The zero-order valence-corrected chi connectivity index (χ0v) is 22.0. The molecule has 0 spiro atoms. The van der Waals surface area contributed by atoms with Gasteiger partial charge in [0.1, 0.15) is 12.4 Å². The number of pyridine rings is 1. The van der Waals surface area contributed by atoms with Gasteiger partial charge >= 0.3 is 6.15 Å². The normalized spacial score (nSPS) is 11.2. The van der Waals surface area contributed by atoms with Crippen molar-refractivity contribution in [2.45, 2.75) is 46.6 Å². The summed E-state index contributed by atoms with van der Waals surface area (Å²) in [6.07, 6.45) is 2.25. The number of nitrogens with two attached hydrogens (primary N) is 1. The molecule has 0 radical (unpaired) electrons. The number of rotatable bonds is 11. The first-order valence-corrected chi connectivity index (χ1v) is 12.1. The predicted octanol–water partition coefficient (Wildman–Crippen LogP) is 4.56. The van der Waals surface area contributed by atoms with Crippen LogP contribution in [0.5, 0.6) is 17.2 Å².